The van der Waals surface area contributed by atoms with Gasteiger partial charge in [-0.25, -0.2) is 0 Å². The first kappa shape index (κ1) is 11.5. The van der Waals surface area contributed by atoms with Crippen LogP contribution in [0.3, 0.4) is 0 Å². The van der Waals surface area contributed by atoms with Crippen LogP contribution in [0.5, 0.6) is 5.75 Å². The van der Waals surface area contributed by atoms with Crippen LogP contribution < -0.4 is 4.74 Å². The molecule has 0 aromatic heterocycles. The zero-order valence-electron chi connectivity index (χ0n) is 8.51. The third-order valence-corrected chi connectivity index (χ3v) is 1.75. The topological polar surface area (TPSA) is 61.6 Å². The highest BCUT2D eigenvalue weighted by Crippen LogP contribution is 2.16. The quantitative estimate of drug-likeness (QED) is 0.410. The molecule has 0 aliphatic rings. The van der Waals surface area contributed by atoms with Gasteiger partial charge in [0.2, 0.25) is 0 Å². The summed E-state index contributed by atoms with van der Waals surface area (Å²) in [5.41, 5.74) is 0.0622. The average Bonchev–Trinajstić information content (AvgIpc) is 2.25. The molecule has 0 saturated carbocycles. The van der Waals surface area contributed by atoms with Gasteiger partial charge in [0.15, 0.2) is 0 Å². The lowest BCUT2D eigenvalue weighted by Crippen LogP contribution is -2.06. The van der Waals surface area contributed by atoms with Gasteiger partial charge in [0.1, 0.15) is 12.4 Å². The molecule has 0 aliphatic heterocycles. The lowest BCUT2D eigenvalue weighted by Gasteiger charge is -2.05. The molecule has 0 saturated heterocycles. The Labute approximate surface area is 87.8 Å². The van der Waals surface area contributed by atoms with Crippen molar-refractivity contribution in [1.82, 2.24) is 0 Å². The number of rotatable bonds is 6. The van der Waals surface area contributed by atoms with E-state index in [9.17, 15) is 10.1 Å². The second kappa shape index (κ2) is 5.98. The normalized spacial score (nSPS) is 9.93. The van der Waals surface area contributed by atoms with Crippen LogP contribution in [-0.4, -0.2) is 24.7 Å². The Balaban J connectivity index is 2.39. The minimum absolute atomic E-state index is 0.0622. The van der Waals surface area contributed by atoms with Crippen molar-refractivity contribution in [2.75, 3.05) is 19.8 Å². The third-order valence-electron chi connectivity index (χ3n) is 1.75. The number of nitro groups is 1. The highest BCUT2D eigenvalue weighted by atomic mass is 16.6. The number of hydrogen-bond donors (Lipinski definition) is 0. The van der Waals surface area contributed by atoms with E-state index < -0.39 is 4.92 Å². The molecule has 0 amide bonds. The van der Waals surface area contributed by atoms with Gasteiger partial charge in [0.25, 0.3) is 5.69 Å². The molecule has 0 heterocycles. The van der Waals surface area contributed by atoms with Gasteiger partial charge in [-0.1, -0.05) is 0 Å². The molecule has 0 N–H and O–H groups in total. The molecule has 82 valence electrons. The highest BCUT2D eigenvalue weighted by Gasteiger charge is 2.03. The van der Waals surface area contributed by atoms with Crippen molar-refractivity contribution in [3.8, 4) is 5.75 Å². The van der Waals surface area contributed by atoms with E-state index in [1.807, 2.05) is 6.92 Å². The Morgan fingerprint density at radius 1 is 1.27 bits per heavy atom. The van der Waals surface area contributed by atoms with Crippen molar-refractivity contribution >= 4 is 5.69 Å². The number of hydrogen-bond acceptors (Lipinski definition) is 4. The monoisotopic (exact) mass is 211 g/mol. The molecule has 0 fully saturated rings. The van der Waals surface area contributed by atoms with E-state index in [2.05, 4.69) is 0 Å². The van der Waals surface area contributed by atoms with Gasteiger partial charge in [-0.05, 0) is 19.1 Å². The van der Waals surface area contributed by atoms with E-state index in [1.54, 1.807) is 12.1 Å². The Kier molecular flexibility index (Phi) is 4.56. The van der Waals surface area contributed by atoms with Crippen molar-refractivity contribution in [1.29, 1.82) is 0 Å². The first-order valence-electron chi connectivity index (χ1n) is 4.69. The standard InChI is InChI=1S/C10H13NO4/c1-2-14-7-8-15-10-5-3-9(4-6-10)11(12)13/h3-6H,2,7-8H2,1H3. The lowest BCUT2D eigenvalue weighted by atomic mass is 10.3. The molecule has 0 aliphatic carbocycles. The van der Waals surface area contributed by atoms with Crippen LogP contribution in [0.25, 0.3) is 0 Å². The van der Waals surface area contributed by atoms with Gasteiger partial charge in [0, 0.05) is 18.7 Å². The van der Waals surface area contributed by atoms with Crippen LogP contribution in [0, 0.1) is 10.1 Å². The van der Waals surface area contributed by atoms with Crippen molar-refractivity contribution in [3.63, 3.8) is 0 Å². The molecule has 1 aromatic carbocycles. The summed E-state index contributed by atoms with van der Waals surface area (Å²) in [6.07, 6.45) is 0. The lowest BCUT2D eigenvalue weighted by molar-refractivity contribution is -0.384. The van der Waals surface area contributed by atoms with Crippen molar-refractivity contribution in [2.24, 2.45) is 0 Å². The molecule has 5 nitrogen and oxygen atoms in total. The summed E-state index contributed by atoms with van der Waals surface area (Å²) in [4.78, 5) is 9.92. The largest absolute Gasteiger partial charge is 0.491 e. The van der Waals surface area contributed by atoms with Crippen LogP contribution in [0.15, 0.2) is 24.3 Å². The Morgan fingerprint density at radius 2 is 1.93 bits per heavy atom. The number of ether oxygens (including phenoxy) is 2. The second-order valence-electron chi connectivity index (χ2n) is 2.80. The summed E-state index contributed by atoms with van der Waals surface area (Å²) in [6, 6.07) is 5.97. The maximum atomic E-state index is 10.4. The predicted octanol–water partition coefficient (Wildman–Crippen LogP) is 2.01. The fourth-order valence-electron chi connectivity index (χ4n) is 1.03. The summed E-state index contributed by atoms with van der Waals surface area (Å²) in [7, 11) is 0. The van der Waals surface area contributed by atoms with E-state index in [0.717, 1.165) is 0 Å². The Morgan fingerprint density at radius 3 is 2.47 bits per heavy atom. The second-order valence-corrected chi connectivity index (χ2v) is 2.80. The van der Waals surface area contributed by atoms with E-state index >= 15 is 0 Å². The SMILES string of the molecule is CCOCCOc1ccc([N+](=O)[O-])cc1. The first-order chi connectivity index (χ1) is 7.24. The number of non-ortho nitro benzene ring substituents is 1. The summed E-state index contributed by atoms with van der Waals surface area (Å²) in [5.74, 6) is 0.611. The van der Waals surface area contributed by atoms with Gasteiger partial charge in [-0.15, -0.1) is 0 Å². The van der Waals surface area contributed by atoms with Crippen LogP contribution in [-0.2, 0) is 4.74 Å². The number of nitro benzene ring substituents is 1. The molecule has 5 heteroatoms. The Hall–Kier alpha value is -1.62. The van der Waals surface area contributed by atoms with E-state index in [4.69, 9.17) is 9.47 Å². The van der Waals surface area contributed by atoms with Crippen LogP contribution in [0.1, 0.15) is 6.92 Å². The van der Waals surface area contributed by atoms with Crippen LogP contribution in [0.4, 0.5) is 5.69 Å². The zero-order chi connectivity index (χ0) is 11.1. The molecule has 0 bridgehead atoms. The van der Waals surface area contributed by atoms with Crippen molar-refractivity contribution in [2.45, 2.75) is 6.92 Å². The molecule has 0 unspecified atom stereocenters. The van der Waals surface area contributed by atoms with E-state index in [-0.39, 0.29) is 5.69 Å². The molecule has 0 atom stereocenters. The van der Waals surface area contributed by atoms with Crippen molar-refractivity contribution < 1.29 is 14.4 Å². The van der Waals surface area contributed by atoms with Gasteiger partial charge in [0.05, 0.1) is 11.5 Å². The fourth-order valence-corrected chi connectivity index (χ4v) is 1.03. The first-order valence-corrected chi connectivity index (χ1v) is 4.69. The minimum atomic E-state index is -0.441. The average molecular weight is 211 g/mol. The molecule has 1 aromatic rings. The molecule has 0 spiro atoms. The van der Waals surface area contributed by atoms with Gasteiger partial charge in [-0.2, -0.15) is 0 Å². The zero-order valence-corrected chi connectivity index (χ0v) is 8.51. The van der Waals surface area contributed by atoms with Gasteiger partial charge >= 0.3 is 0 Å². The van der Waals surface area contributed by atoms with Crippen LogP contribution >= 0.6 is 0 Å². The van der Waals surface area contributed by atoms with Crippen molar-refractivity contribution in [3.05, 3.63) is 34.4 Å². The molecule has 15 heavy (non-hydrogen) atoms. The molecule has 0 radical (unpaired) electrons. The fraction of sp³-hybridized carbons (Fsp3) is 0.400. The summed E-state index contributed by atoms with van der Waals surface area (Å²) < 4.78 is 10.4. The number of benzene rings is 1. The number of nitrogens with zero attached hydrogens (tertiary/aromatic N) is 1. The van der Waals surface area contributed by atoms with Gasteiger partial charge < -0.3 is 9.47 Å². The predicted molar refractivity (Wildman–Crippen MR) is 55.1 cm³/mol. The summed E-state index contributed by atoms with van der Waals surface area (Å²) in [5, 5.41) is 10.4. The smallest absolute Gasteiger partial charge is 0.269 e. The maximum Gasteiger partial charge on any atom is 0.269 e. The summed E-state index contributed by atoms with van der Waals surface area (Å²) >= 11 is 0. The minimum Gasteiger partial charge on any atom is -0.491 e. The van der Waals surface area contributed by atoms with Gasteiger partial charge in [-0.3, -0.25) is 10.1 Å². The van der Waals surface area contributed by atoms with E-state index in [1.165, 1.54) is 12.1 Å². The van der Waals surface area contributed by atoms with Crippen LogP contribution in [0.2, 0.25) is 0 Å². The summed E-state index contributed by atoms with van der Waals surface area (Å²) in [6.45, 7) is 3.54. The Bertz CT molecular complexity index is 310. The molecular weight excluding hydrogens is 198 g/mol. The van der Waals surface area contributed by atoms with E-state index in [0.29, 0.717) is 25.6 Å². The maximum absolute atomic E-state index is 10.4. The molecular formula is C10H13NO4. The highest BCUT2D eigenvalue weighted by molar-refractivity contribution is 5.35. The third kappa shape index (κ3) is 3.95. The molecule has 1 rings (SSSR count).